The fourth-order valence-electron chi connectivity index (χ4n) is 2.25. The summed E-state index contributed by atoms with van der Waals surface area (Å²) in [5.74, 6) is 1.32. The van der Waals surface area contributed by atoms with Gasteiger partial charge in [0.1, 0.15) is 0 Å². The van der Waals surface area contributed by atoms with Crippen LogP contribution >= 0.6 is 0 Å². The molecule has 1 aromatic carbocycles. The van der Waals surface area contributed by atoms with Gasteiger partial charge in [0.15, 0.2) is 0 Å². The standard InChI is InChI=1S/C17H29NOS/c1-6-13(3)12-20(19)15(5)17(18-7-2)16-10-8-14(4)9-11-16/h8-11,13,15,17-18H,6-7,12H2,1-5H3. The second kappa shape index (κ2) is 8.58. The summed E-state index contributed by atoms with van der Waals surface area (Å²) in [5, 5.41) is 3.63. The molecule has 0 fully saturated rings. The topological polar surface area (TPSA) is 29.1 Å². The molecule has 3 heteroatoms. The van der Waals surface area contributed by atoms with Crippen molar-refractivity contribution >= 4 is 10.8 Å². The van der Waals surface area contributed by atoms with Crippen molar-refractivity contribution in [3.63, 3.8) is 0 Å². The normalized spacial score (nSPS) is 17.4. The molecule has 2 nitrogen and oxygen atoms in total. The Hall–Kier alpha value is -0.670. The van der Waals surface area contributed by atoms with E-state index >= 15 is 0 Å². The maximum Gasteiger partial charge on any atom is 0.0514 e. The smallest absolute Gasteiger partial charge is 0.0514 e. The highest BCUT2D eigenvalue weighted by atomic mass is 32.2. The van der Waals surface area contributed by atoms with Crippen LogP contribution in [0.25, 0.3) is 0 Å². The van der Waals surface area contributed by atoms with E-state index in [1.165, 1.54) is 11.1 Å². The second-order valence-electron chi connectivity index (χ2n) is 5.71. The first-order valence-corrected chi connectivity index (χ1v) is 9.04. The van der Waals surface area contributed by atoms with E-state index in [0.29, 0.717) is 5.92 Å². The van der Waals surface area contributed by atoms with Crippen LogP contribution in [0.5, 0.6) is 0 Å². The van der Waals surface area contributed by atoms with E-state index in [4.69, 9.17) is 0 Å². The third-order valence-electron chi connectivity index (χ3n) is 3.89. The molecule has 4 unspecified atom stereocenters. The SMILES string of the molecule is CCNC(c1ccc(C)cc1)C(C)S(=O)CC(C)CC. The van der Waals surface area contributed by atoms with Crippen molar-refractivity contribution < 1.29 is 4.21 Å². The molecule has 0 radical (unpaired) electrons. The third-order valence-corrected chi connectivity index (χ3v) is 5.89. The van der Waals surface area contributed by atoms with Crippen molar-refractivity contribution in [1.82, 2.24) is 5.32 Å². The van der Waals surface area contributed by atoms with Gasteiger partial charge in [-0.05, 0) is 31.9 Å². The Labute approximate surface area is 126 Å². The molecule has 0 spiro atoms. The highest BCUT2D eigenvalue weighted by Crippen LogP contribution is 2.22. The summed E-state index contributed by atoms with van der Waals surface area (Å²) >= 11 is 0. The van der Waals surface area contributed by atoms with Crippen LogP contribution in [0, 0.1) is 12.8 Å². The second-order valence-corrected chi connectivity index (χ2v) is 7.55. The van der Waals surface area contributed by atoms with E-state index in [1.807, 2.05) is 0 Å². The zero-order valence-electron chi connectivity index (χ0n) is 13.5. The van der Waals surface area contributed by atoms with Gasteiger partial charge in [0.25, 0.3) is 0 Å². The molecule has 1 rings (SSSR count). The lowest BCUT2D eigenvalue weighted by Crippen LogP contribution is -2.34. The molecule has 4 atom stereocenters. The highest BCUT2D eigenvalue weighted by Gasteiger charge is 2.24. The van der Waals surface area contributed by atoms with Gasteiger partial charge in [0.2, 0.25) is 0 Å². The van der Waals surface area contributed by atoms with Crippen molar-refractivity contribution in [3.05, 3.63) is 35.4 Å². The van der Waals surface area contributed by atoms with Gasteiger partial charge in [-0.3, -0.25) is 4.21 Å². The average molecular weight is 295 g/mol. The lowest BCUT2D eigenvalue weighted by molar-refractivity contribution is 0.530. The van der Waals surface area contributed by atoms with E-state index in [0.717, 1.165) is 18.7 Å². The van der Waals surface area contributed by atoms with Crippen molar-refractivity contribution in [1.29, 1.82) is 0 Å². The van der Waals surface area contributed by atoms with Crippen LogP contribution in [-0.2, 0) is 10.8 Å². The van der Waals surface area contributed by atoms with E-state index in [2.05, 4.69) is 64.2 Å². The van der Waals surface area contributed by atoms with E-state index in [1.54, 1.807) is 0 Å². The molecule has 0 amide bonds. The van der Waals surface area contributed by atoms with Gasteiger partial charge in [-0.25, -0.2) is 0 Å². The summed E-state index contributed by atoms with van der Waals surface area (Å²) < 4.78 is 12.5. The molecule has 0 aliphatic rings. The quantitative estimate of drug-likeness (QED) is 0.790. The van der Waals surface area contributed by atoms with Gasteiger partial charge < -0.3 is 5.32 Å². The highest BCUT2D eigenvalue weighted by molar-refractivity contribution is 7.85. The molecule has 0 saturated carbocycles. The van der Waals surface area contributed by atoms with Gasteiger partial charge in [-0.2, -0.15) is 0 Å². The Morgan fingerprint density at radius 2 is 1.75 bits per heavy atom. The van der Waals surface area contributed by atoms with Crippen LogP contribution in [0.4, 0.5) is 0 Å². The Morgan fingerprint density at radius 1 is 1.15 bits per heavy atom. The van der Waals surface area contributed by atoms with Crippen molar-refractivity contribution in [3.8, 4) is 0 Å². The summed E-state index contributed by atoms with van der Waals surface area (Å²) in [6.07, 6.45) is 1.09. The first-order valence-electron chi connectivity index (χ1n) is 7.66. The molecular weight excluding hydrogens is 266 g/mol. The molecule has 0 saturated heterocycles. The largest absolute Gasteiger partial charge is 0.309 e. The van der Waals surface area contributed by atoms with Gasteiger partial charge >= 0.3 is 0 Å². The predicted octanol–water partition coefficient (Wildman–Crippen LogP) is 3.83. The Balaban J connectivity index is 2.84. The van der Waals surface area contributed by atoms with E-state index in [-0.39, 0.29) is 11.3 Å². The Bertz CT molecular complexity index is 416. The minimum atomic E-state index is -0.795. The third kappa shape index (κ3) is 5.02. The average Bonchev–Trinajstić information content (AvgIpc) is 2.45. The van der Waals surface area contributed by atoms with Crippen LogP contribution in [-0.4, -0.2) is 21.8 Å². The lowest BCUT2D eigenvalue weighted by Gasteiger charge is -2.26. The van der Waals surface area contributed by atoms with E-state index in [9.17, 15) is 4.21 Å². The maximum absolute atomic E-state index is 12.5. The summed E-state index contributed by atoms with van der Waals surface area (Å²) in [6, 6.07) is 8.73. The monoisotopic (exact) mass is 295 g/mol. The van der Waals surface area contributed by atoms with Gasteiger partial charge in [-0.15, -0.1) is 0 Å². The van der Waals surface area contributed by atoms with Crippen LogP contribution in [0.1, 0.15) is 51.3 Å². The number of aryl methyl sites for hydroxylation is 1. The van der Waals surface area contributed by atoms with E-state index < -0.39 is 10.8 Å². The first kappa shape index (κ1) is 17.4. The molecular formula is C17H29NOS. The zero-order valence-corrected chi connectivity index (χ0v) is 14.3. The first-order chi connectivity index (χ1) is 9.49. The fraction of sp³-hybridized carbons (Fsp3) is 0.647. The minimum Gasteiger partial charge on any atom is -0.309 e. The molecule has 0 aliphatic heterocycles. The molecule has 20 heavy (non-hydrogen) atoms. The van der Waals surface area contributed by atoms with Crippen LogP contribution in [0.15, 0.2) is 24.3 Å². The number of nitrogens with one attached hydrogen (secondary N) is 1. The van der Waals surface area contributed by atoms with Crippen LogP contribution in [0.2, 0.25) is 0 Å². The Kier molecular flexibility index (Phi) is 7.46. The minimum absolute atomic E-state index is 0.131. The van der Waals surface area contributed by atoms with Gasteiger partial charge in [0, 0.05) is 22.6 Å². The van der Waals surface area contributed by atoms with Crippen molar-refractivity contribution in [2.45, 2.75) is 52.3 Å². The molecule has 1 aromatic rings. The fourth-order valence-corrected chi connectivity index (χ4v) is 3.91. The molecule has 0 aliphatic carbocycles. The van der Waals surface area contributed by atoms with Crippen molar-refractivity contribution in [2.24, 2.45) is 5.92 Å². The molecule has 0 aromatic heterocycles. The molecule has 0 heterocycles. The number of hydrogen-bond acceptors (Lipinski definition) is 2. The lowest BCUT2D eigenvalue weighted by atomic mass is 10.0. The molecule has 0 bridgehead atoms. The number of hydrogen-bond donors (Lipinski definition) is 1. The summed E-state index contributed by atoms with van der Waals surface area (Å²) in [4.78, 5) is 0. The van der Waals surface area contributed by atoms with Crippen molar-refractivity contribution in [2.75, 3.05) is 12.3 Å². The maximum atomic E-state index is 12.5. The molecule has 1 N–H and O–H groups in total. The summed E-state index contributed by atoms with van der Waals surface area (Å²) in [7, 11) is -0.795. The number of rotatable bonds is 8. The predicted molar refractivity (Wildman–Crippen MR) is 89.5 cm³/mol. The van der Waals surface area contributed by atoms with Gasteiger partial charge in [0.05, 0.1) is 5.25 Å². The summed E-state index contributed by atoms with van der Waals surface area (Å²) in [6.45, 7) is 11.5. The number of benzene rings is 1. The van der Waals surface area contributed by atoms with Crippen LogP contribution < -0.4 is 5.32 Å². The Morgan fingerprint density at radius 3 is 2.25 bits per heavy atom. The van der Waals surface area contributed by atoms with Gasteiger partial charge in [-0.1, -0.05) is 57.0 Å². The zero-order chi connectivity index (χ0) is 15.1. The van der Waals surface area contributed by atoms with Crippen LogP contribution in [0.3, 0.4) is 0 Å². The molecule has 114 valence electrons. The summed E-state index contributed by atoms with van der Waals surface area (Å²) in [5.41, 5.74) is 2.50.